The first-order chi connectivity index (χ1) is 28.7. The average molecular weight is 735 g/mol. The molecular weight excluding hydrogens is 697 g/mol. The summed E-state index contributed by atoms with van der Waals surface area (Å²) in [4.78, 5) is 0. The summed E-state index contributed by atoms with van der Waals surface area (Å²) in [5.41, 5.74) is 14.7. The molecular formula is C58H38. The van der Waals surface area contributed by atoms with Crippen LogP contribution in [0.4, 0.5) is 0 Å². The molecule has 58 heavy (non-hydrogen) atoms. The zero-order valence-corrected chi connectivity index (χ0v) is 31.9. The summed E-state index contributed by atoms with van der Waals surface area (Å²) < 4.78 is 0. The fourth-order valence-electron chi connectivity index (χ4n) is 8.95. The Morgan fingerprint density at radius 3 is 0.810 bits per heavy atom. The number of hydrogen-bond acceptors (Lipinski definition) is 0. The molecule has 0 fully saturated rings. The minimum absolute atomic E-state index is 1.20. The van der Waals surface area contributed by atoms with Crippen molar-refractivity contribution in [1.29, 1.82) is 0 Å². The van der Waals surface area contributed by atoms with Gasteiger partial charge >= 0.3 is 0 Å². The lowest BCUT2D eigenvalue weighted by Gasteiger charge is -2.18. The van der Waals surface area contributed by atoms with Gasteiger partial charge in [0.1, 0.15) is 0 Å². The Morgan fingerprint density at radius 2 is 0.414 bits per heavy atom. The quantitative estimate of drug-likeness (QED) is 0.149. The van der Waals surface area contributed by atoms with Crippen LogP contribution in [0.1, 0.15) is 0 Å². The summed E-state index contributed by atoms with van der Waals surface area (Å²) in [6, 6.07) is 84.6. The van der Waals surface area contributed by atoms with Gasteiger partial charge in [-0.2, -0.15) is 0 Å². The molecule has 0 radical (unpaired) electrons. The molecule has 0 heterocycles. The Kier molecular flexibility index (Phi) is 8.26. The highest BCUT2D eigenvalue weighted by Crippen LogP contribution is 2.45. The highest BCUT2D eigenvalue weighted by Gasteiger charge is 2.17. The van der Waals surface area contributed by atoms with E-state index in [1.165, 1.54) is 110 Å². The van der Waals surface area contributed by atoms with Crippen LogP contribution in [-0.2, 0) is 0 Å². The third kappa shape index (κ3) is 6.04. The van der Waals surface area contributed by atoms with Gasteiger partial charge in [-0.1, -0.05) is 194 Å². The highest BCUT2D eigenvalue weighted by molar-refractivity contribution is 6.21. The minimum Gasteiger partial charge on any atom is -0.0616 e. The van der Waals surface area contributed by atoms with Crippen molar-refractivity contribution in [2.45, 2.75) is 0 Å². The molecule has 0 aliphatic heterocycles. The van der Waals surface area contributed by atoms with Crippen molar-refractivity contribution in [3.8, 4) is 66.8 Å². The van der Waals surface area contributed by atoms with Crippen LogP contribution < -0.4 is 0 Å². The van der Waals surface area contributed by atoms with Crippen molar-refractivity contribution in [1.82, 2.24) is 0 Å². The average Bonchev–Trinajstić information content (AvgIpc) is 3.30. The molecule has 0 spiro atoms. The maximum atomic E-state index is 2.37. The normalized spacial score (nSPS) is 11.4. The zero-order valence-electron chi connectivity index (χ0n) is 31.9. The molecule has 0 aliphatic rings. The number of fused-ring (bicyclic) bond motifs is 4. The van der Waals surface area contributed by atoms with Gasteiger partial charge in [0.25, 0.3) is 0 Å². The molecule has 0 heteroatoms. The topological polar surface area (TPSA) is 0 Å². The predicted molar refractivity (Wildman–Crippen MR) is 249 cm³/mol. The van der Waals surface area contributed by atoms with Gasteiger partial charge in [-0.05, 0) is 146 Å². The highest BCUT2D eigenvalue weighted by atomic mass is 14.2. The zero-order chi connectivity index (χ0) is 38.4. The van der Waals surface area contributed by atoms with Gasteiger partial charge in [0, 0.05) is 0 Å². The van der Waals surface area contributed by atoms with Gasteiger partial charge in [0.15, 0.2) is 0 Å². The van der Waals surface area contributed by atoms with Crippen LogP contribution in [0, 0.1) is 0 Å². The van der Waals surface area contributed by atoms with Crippen molar-refractivity contribution < 1.29 is 0 Å². The second-order valence-electron chi connectivity index (χ2n) is 15.3. The van der Waals surface area contributed by atoms with Crippen LogP contribution in [0.2, 0.25) is 0 Å². The molecule has 11 aromatic carbocycles. The first-order valence-corrected chi connectivity index (χ1v) is 20.1. The minimum atomic E-state index is 1.20. The van der Waals surface area contributed by atoms with Gasteiger partial charge in [-0.15, -0.1) is 0 Å². The molecule has 0 amide bonds. The SMILES string of the molecule is c1cc(-c2cccc(-c3cccc(-c4c5ccccc5c(-c5ccc6ccccc6c5)c5ccccc45)c3)c2)cc(-c2cccc(-c3ccc4ccccc4c3)c2)c1. The molecule has 0 aromatic heterocycles. The summed E-state index contributed by atoms with van der Waals surface area (Å²) in [6.45, 7) is 0. The molecule has 0 saturated heterocycles. The van der Waals surface area contributed by atoms with Gasteiger partial charge in [-0.25, -0.2) is 0 Å². The number of hydrogen-bond donors (Lipinski definition) is 0. The second-order valence-corrected chi connectivity index (χ2v) is 15.3. The van der Waals surface area contributed by atoms with Crippen molar-refractivity contribution in [3.05, 3.63) is 231 Å². The Balaban J connectivity index is 0.971. The third-order valence-corrected chi connectivity index (χ3v) is 11.8. The molecule has 0 aliphatic carbocycles. The van der Waals surface area contributed by atoms with Crippen molar-refractivity contribution in [2.75, 3.05) is 0 Å². The molecule has 0 saturated carbocycles. The third-order valence-electron chi connectivity index (χ3n) is 11.8. The lowest BCUT2D eigenvalue weighted by molar-refractivity contribution is 1.57. The molecule has 11 rings (SSSR count). The standard InChI is InChI=1S/C58H38/c1-3-15-41-33-50(31-29-39(41)13-1)48-22-11-20-46(36-48)44-18-9-17-43(34-44)45-19-10-21-47(35-45)49-23-12-24-51(38-49)57-53-25-5-7-27-55(53)58(56-28-8-6-26-54(56)57)52-32-30-40-14-2-4-16-42(40)37-52/h1-38H. The Morgan fingerprint density at radius 1 is 0.155 bits per heavy atom. The van der Waals surface area contributed by atoms with Gasteiger partial charge in [-0.3, -0.25) is 0 Å². The Labute approximate surface area is 339 Å². The van der Waals surface area contributed by atoms with Crippen LogP contribution in [0.5, 0.6) is 0 Å². The van der Waals surface area contributed by atoms with Crippen LogP contribution in [0.15, 0.2) is 231 Å². The summed E-state index contributed by atoms with van der Waals surface area (Å²) in [7, 11) is 0. The van der Waals surface area contributed by atoms with E-state index in [4.69, 9.17) is 0 Å². The Bertz CT molecular complexity index is 3290. The van der Waals surface area contributed by atoms with E-state index in [-0.39, 0.29) is 0 Å². The van der Waals surface area contributed by atoms with E-state index in [2.05, 4.69) is 231 Å². The van der Waals surface area contributed by atoms with E-state index in [0.29, 0.717) is 0 Å². The van der Waals surface area contributed by atoms with Gasteiger partial charge in [0.05, 0.1) is 0 Å². The van der Waals surface area contributed by atoms with Crippen molar-refractivity contribution in [2.24, 2.45) is 0 Å². The molecule has 0 unspecified atom stereocenters. The van der Waals surface area contributed by atoms with Gasteiger partial charge < -0.3 is 0 Å². The lowest BCUT2D eigenvalue weighted by Crippen LogP contribution is -1.91. The van der Waals surface area contributed by atoms with Crippen LogP contribution in [-0.4, -0.2) is 0 Å². The van der Waals surface area contributed by atoms with E-state index in [9.17, 15) is 0 Å². The van der Waals surface area contributed by atoms with Crippen LogP contribution in [0.3, 0.4) is 0 Å². The Hall–Kier alpha value is -7.54. The van der Waals surface area contributed by atoms with Crippen molar-refractivity contribution >= 4 is 43.1 Å². The second kappa shape index (κ2) is 14.2. The maximum Gasteiger partial charge on any atom is -0.00262 e. The first kappa shape index (κ1) is 33.8. The molecule has 0 atom stereocenters. The van der Waals surface area contributed by atoms with E-state index in [1.54, 1.807) is 0 Å². The van der Waals surface area contributed by atoms with Crippen LogP contribution in [0.25, 0.3) is 110 Å². The summed E-state index contributed by atoms with van der Waals surface area (Å²) in [6.07, 6.45) is 0. The molecule has 270 valence electrons. The lowest BCUT2D eigenvalue weighted by atomic mass is 9.85. The van der Waals surface area contributed by atoms with Gasteiger partial charge in [0.2, 0.25) is 0 Å². The van der Waals surface area contributed by atoms with E-state index < -0.39 is 0 Å². The smallest absolute Gasteiger partial charge is 0.00262 e. The molecule has 11 aromatic rings. The summed E-state index contributed by atoms with van der Waals surface area (Å²) in [5.74, 6) is 0. The predicted octanol–water partition coefficient (Wildman–Crippen LogP) is 16.3. The summed E-state index contributed by atoms with van der Waals surface area (Å²) >= 11 is 0. The fraction of sp³-hybridized carbons (Fsp3) is 0. The summed E-state index contributed by atoms with van der Waals surface area (Å²) in [5, 5.41) is 10.1. The van der Waals surface area contributed by atoms with E-state index in [1.807, 2.05) is 0 Å². The molecule has 0 nitrogen and oxygen atoms in total. The van der Waals surface area contributed by atoms with Crippen molar-refractivity contribution in [3.63, 3.8) is 0 Å². The number of benzene rings is 11. The van der Waals surface area contributed by atoms with E-state index >= 15 is 0 Å². The maximum absolute atomic E-state index is 2.37. The monoisotopic (exact) mass is 734 g/mol. The van der Waals surface area contributed by atoms with E-state index in [0.717, 1.165) is 0 Å². The van der Waals surface area contributed by atoms with Crippen LogP contribution >= 0.6 is 0 Å². The molecule has 0 N–H and O–H groups in total. The molecule has 0 bridgehead atoms. The number of rotatable bonds is 6. The first-order valence-electron chi connectivity index (χ1n) is 20.1. The fourth-order valence-corrected chi connectivity index (χ4v) is 8.95. The largest absolute Gasteiger partial charge is 0.0616 e.